The Balaban J connectivity index is 3.49. The van der Waals surface area contributed by atoms with Crippen molar-refractivity contribution >= 4 is 0 Å². The maximum absolute atomic E-state index is 12.7. The number of rotatable bonds is 3. The number of hydrogen-bond donors (Lipinski definition) is 1. The van der Waals surface area contributed by atoms with Crippen LogP contribution >= 0.6 is 0 Å². The van der Waals surface area contributed by atoms with Crippen molar-refractivity contribution in [1.82, 2.24) is 4.98 Å². The number of nitrogens with zero attached hydrogens (tertiary/aromatic N) is 2. The lowest BCUT2D eigenvalue weighted by atomic mass is 10.0. The van der Waals surface area contributed by atoms with Gasteiger partial charge in [0.2, 0.25) is 0 Å². The minimum atomic E-state index is -4.85. The highest BCUT2D eigenvalue weighted by atomic mass is 19.4. The molecule has 0 amide bonds. The molecule has 0 aliphatic heterocycles. The minimum Gasteiger partial charge on any atom is -0.326 e. The quantitative estimate of drug-likeness (QED) is 0.854. The van der Waals surface area contributed by atoms with Crippen molar-refractivity contribution in [3.8, 4) is 6.07 Å². The summed E-state index contributed by atoms with van der Waals surface area (Å²) in [5.74, 6) is 0. The van der Waals surface area contributed by atoms with Crippen LogP contribution in [0.3, 0.4) is 0 Å². The zero-order chi connectivity index (χ0) is 13.9. The molecule has 1 rings (SSSR count). The van der Waals surface area contributed by atoms with Crippen molar-refractivity contribution < 1.29 is 22.0 Å². The Hall–Kier alpha value is -1.75. The number of alkyl halides is 5. The van der Waals surface area contributed by atoms with Crippen LogP contribution in [0.5, 0.6) is 0 Å². The van der Waals surface area contributed by atoms with E-state index in [4.69, 9.17) is 11.0 Å². The first-order valence-corrected chi connectivity index (χ1v) is 4.76. The zero-order valence-corrected chi connectivity index (χ0v) is 8.93. The molecule has 2 N–H and O–H groups in total. The number of nitriles is 1. The number of halogens is 5. The molecule has 0 saturated carbocycles. The van der Waals surface area contributed by atoms with Crippen LogP contribution in [0.25, 0.3) is 0 Å². The molecular formula is C10H8F5N3. The summed E-state index contributed by atoms with van der Waals surface area (Å²) >= 11 is 0. The second kappa shape index (κ2) is 5.27. The maximum Gasteiger partial charge on any atom is 0.433 e. The molecular weight excluding hydrogens is 257 g/mol. The molecule has 8 heteroatoms. The van der Waals surface area contributed by atoms with E-state index in [1.54, 1.807) is 6.07 Å². The molecule has 3 nitrogen and oxygen atoms in total. The van der Waals surface area contributed by atoms with Crippen LogP contribution in [-0.2, 0) is 19.1 Å². The van der Waals surface area contributed by atoms with Crippen LogP contribution in [0.2, 0.25) is 0 Å². The molecule has 1 heterocycles. The van der Waals surface area contributed by atoms with Gasteiger partial charge in [0.25, 0.3) is 6.43 Å². The number of aromatic nitrogens is 1. The summed E-state index contributed by atoms with van der Waals surface area (Å²) < 4.78 is 62.7. The second-order valence-corrected chi connectivity index (χ2v) is 3.36. The molecule has 98 valence electrons. The van der Waals surface area contributed by atoms with Gasteiger partial charge in [0.15, 0.2) is 0 Å². The van der Waals surface area contributed by atoms with Gasteiger partial charge in [-0.25, -0.2) is 13.8 Å². The van der Waals surface area contributed by atoms with Gasteiger partial charge in [0.05, 0.1) is 18.2 Å². The third-order valence-electron chi connectivity index (χ3n) is 2.22. The molecule has 0 aromatic carbocycles. The summed E-state index contributed by atoms with van der Waals surface area (Å²) in [4.78, 5) is 3.19. The van der Waals surface area contributed by atoms with Gasteiger partial charge in [-0.3, -0.25) is 0 Å². The van der Waals surface area contributed by atoms with Crippen molar-refractivity contribution in [3.05, 3.63) is 28.6 Å². The SMILES string of the molecule is N#CCc1nc(C(F)(F)F)cc(C(F)F)c1CN. The Morgan fingerprint density at radius 1 is 1.39 bits per heavy atom. The molecule has 0 bridgehead atoms. The normalized spacial score (nSPS) is 11.7. The first-order valence-electron chi connectivity index (χ1n) is 4.76. The Labute approximate surface area is 99.0 Å². The van der Waals surface area contributed by atoms with Gasteiger partial charge in [-0.2, -0.15) is 18.4 Å². The lowest BCUT2D eigenvalue weighted by Crippen LogP contribution is -2.15. The topological polar surface area (TPSA) is 62.7 Å². The van der Waals surface area contributed by atoms with E-state index in [-0.39, 0.29) is 17.3 Å². The third-order valence-corrected chi connectivity index (χ3v) is 2.22. The monoisotopic (exact) mass is 265 g/mol. The van der Waals surface area contributed by atoms with Crippen molar-refractivity contribution in [2.75, 3.05) is 0 Å². The molecule has 18 heavy (non-hydrogen) atoms. The minimum absolute atomic E-state index is 0.209. The van der Waals surface area contributed by atoms with Gasteiger partial charge in [-0.15, -0.1) is 0 Å². The Morgan fingerprint density at radius 2 is 2.00 bits per heavy atom. The summed E-state index contributed by atoms with van der Waals surface area (Å²) in [6, 6.07) is 1.84. The third kappa shape index (κ3) is 2.92. The molecule has 0 radical (unpaired) electrons. The van der Waals surface area contributed by atoms with Gasteiger partial charge >= 0.3 is 6.18 Å². The lowest BCUT2D eigenvalue weighted by Gasteiger charge is -2.14. The Morgan fingerprint density at radius 3 is 2.39 bits per heavy atom. The van der Waals surface area contributed by atoms with Gasteiger partial charge < -0.3 is 5.73 Å². The van der Waals surface area contributed by atoms with E-state index in [9.17, 15) is 22.0 Å². The highest BCUT2D eigenvalue weighted by Gasteiger charge is 2.35. The summed E-state index contributed by atoms with van der Waals surface area (Å²) in [6.45, 7) is -0.401. The van der Waals surface area contributed by atoms with E-state index in [1.807, 2.05) is 0 Å². The first-order chi connectivity index (χ1) is 8.31. The number of hydrogen-bond acceptors (Lipinski definition) is 3. The van der Waals surface area contributed by atoms with E-state index in [0.29, 0.717) is 0 Å². The van der Waals surface area contributed by atoms with E-state index < -0.39 is 36.8 Å². The standard InChI is InChI=1S/C10H8F5N3/c11-9(12)5-3-8(10(13,14)15)18-7(1-2-16)6(5)4-17/h3,9H,1,4,17H2. The van der Waals surface area contributed by atoms with Crippen LogP contribution in [0.1, 0.15) is 28.9 Å². The number of nitrogens with two attached hydrogens (primary N) is 1. The molecule has 1 aromatic heterocycles. The summed E-state index contributed by atoms with van der Waals surface area (Å²) in [7, 11) is 0. The van der Waals surface area contributed by atoms with Gasteiger partial charge in [-0.05, 0) is 11.6 Å². The summed E-state index contributed by atoms with van der Waals surface area (Å²) in [6.07, 6.45) is -8.46. The van der Waals surface area contributed by atoms with Crippen molar-refractivity contribution in [2.45, 2.75) is 25.6 Å². The number of pyridine rings is 1. The van der Waals surface area contributed by atoms with Crippen LogP contribution < -0.4 is 5.73 Å². The largest absolute Gasteiger partial charge is 0.433 e. The average Bonchev–Trinajstić information content (AvgIpc) is 2.27. The van der Waals surface area contributed by atoms with Crippen LogP contribution in [0.15, 0.2) is 6.07 Å². The van der Waals surface area contributed by atoms with Gasteiger partial charge in [-0.1, -0.05) is 0 Å². The summed E-state index contributed by atoms with van der Waals surface area (Å²) in [5, 5.41) is 8.46. The smallest absolute Gasteiger partial charge is 0.326 e. The second-order valence-electron chi connectivity index (χ2n) is 3.36. The van der Waals surface area contributed by atoms with Crippen molar-refractivity contribution in [1.29, 1.82) is 5.26 Å². The van der Waals surface area contributed by atoms with E-state index in [1.165, 1.54) is 0 Å². The summed E-state index contributed by atoms with van der Waals surface area (Å²) in [5.41, 5.74) is 2.38. The molecule has 0 saturated heterocycles. The molecule has 0 unspecified atom stereocenters. The van der Waals surface area contributed by atoms with E-state index in [2.05, 4.69) is 4.98 Å². The fourth-order valence-corrected chi connectivity index (χ4v) is 1.44. The predicted molar refractivity (Wildman–Crippen MR) is 51.4 cm³/mol. The zero-order valence-electron chi connectivity index (χ0n) is 8.93. The van der Waals surface area contributed by atoms with Crippen molar-refractivity contribution in [2.24, 2.45) is 5.73 Å². The lowest BCUT2D eigenvalue weighted by molar-refractivity contribution is -0.141. The van der Waals surface area contributed by atoms with Gasteiger partial charge in [0.1, 0.15) is 5.69 Å². The fraction of sp³-hybridized carbons (Fsp3) is 0.400. The maximum atomic E-state index is 12.7. The fourth-order valence-electron chi connectivity index (χ4n) is 1.44. The Kier molecular flexibility index (Phi) is 4.19. The van der Waals surface area contributed by atoms with Crippen LogP contribution in [0, 0.1) is 11.3 Å². The highest BCUT2D eigenvalue weighted by Crippen LogP contribution is 2.33. The van der Waals surface area contributed by atoms with E-state index >= 15 is 0 Å². The highest BCUT2D eigenvalue weighted by molar-refractivity contribution is 5.36. The Bertz CT molecular complexity index is 476. The molecule has 0 spiro atoms. The van der Waals surface area contributed by atoms with Crippen LogP contribution in [0.4, 0.5) is 22.0 Å². The van der Waals surface area contributed by atoms with E-state index in [0.717, 1.165) is 0 Å². The van der Waals surface area contributed by atoms with Crippen molar-refractivity contribution in [3.63, 3.8) is 0 Å². The van der Waals surface area contributed by atoms with Crippen LogP contribution in [-0.4, -0.2) is 4.98 Å². The van der Waals surface area contributed by atoms with Gasteiger partial charge in [0, 0.05) is 12.1 Å². The predicted octanol–water partition coefficient (Wildman–Crippen LogP) is 2.56. The molecule has 0 aliphatic rings. The molecule has 1 aromatic rings. The molecule has 0 atom stereocenters. The molecule has 0 aliphatic carbocycles. The first kappa shape index (κ1) is 14.3. The average molecular weight is 265 g/mol. The molecule has 0 fully saturated rings.